The standard InChI is InChI=1S/C13H18FNO3/c1-15(11-5-3-4-10(14)8-11)9-12(16)6-7-13(17)18-2/h3-5,8,12,16H,6-7,9H2,1-2H3. The number of halogens is 1. The van der Waals surface area contributed by atoms with Crippen molar-refractivity contribution in [2.45, 2.75) is 18.9 Å². The van der Waals surface area contributed by atoms with Crippen molar-refractivity contribution >= 4 is 11.7 Å². The van der Waals surface area contributed by atoms with Gasteiger partial charge in [-0.25, -0.2) is 4.39 Å². The Bertz CT molecular complexity index is 398. The summed E-state index contributed by atoms with van der Waals surface area (Å²) < 4.78 is 17.5. The van der Waals surface area contributed by atoms with Gasteiger partial charge in [0.15, 0.2) is 0 Å². The minimum absolute atomic E-state index is 0.175. The van der Waals surface area contributed by atoms with Crippen molar-refractivity contribution in [2.24, 2.45) is 0 Å². The van der Waals surface area contributed by atoms with Crippen LogP contribution in [0.25, 0.3) is 0 Å². The summed E-state index contributed by atoms with van der Waals surface area (Å²) in [4.78, 5) is 12.7. The quantitative estimate of drug-likeness (QED) is 0.784. The number of nitrogens with zero attached hydrogens (tertiary/aromatic N) is 1. The topological polar surface area (TPSA) is 49.8 Å². The molecule has 0 saturated heterocycles. The number of methoxy groups -OCH3 is 1. The zero-order valence-electron chi connectivity index (χ0n) is 10.6. The monoisotopic (exact) mass is 255 g/mol. The van der Waals surface area contributed by atoms with Crippen LogP contribution in [-0.4, -0.2) is 37.9 Å². The summed E-state index contributed by atoms with van der Waals surface area (Å²) in [5, 5.41) is 9.75. The van der Waals surface area contributed by atoms with Crippen LogP contribution in [0.15, 0.2) is 24.3 Å². The molecule has 0 radical (unpaired) electrons. The Kier molecular flexibility index (Phi) is 5.58. The van der Waals surface area contributed by atoms with Crippen LogP contribution < -0.4 is 4.90 Å². The highest BCUT2D eigenvalue weighted by Gasteiger charge is 2.11. The van der Waals surface area contributed by atoms with Gasteiger partial charge >= 0.3 is 5.97 Å². The number of aliphatic hydroxyl groups excluding tert-OH is 1. The van der Waals surface area contributed by atoms with Crippen LogP contribution in [0.5, 0.6) is 0 Å². The molecule has 4 nitrogen and oxygen atoms in total. The minimum Gasteiger partial charge on any atom is -0.469 e. The lowest BCUT2D eigenvalue weighted by Gasteiger charge is -2.22. The number of ether oxygens (including phenoxy) is 1. The van der Waals surface area contributed by atoms with Crippen molar-refractivity contribution in [2.75, 3.05) is 25.6 Å². The zero-order chi connectivity index (χ0) is 13.5. The van der Waals surface area contributed by atoms with Crippen molar-refractivity contribution in [3.8, 4) is 0 Å². The maximum atomic E-state index is 13.0. The minimum atomic E-state index is -0.655. The fourth-order valence-corrected chi connectivity index (χ4v) is 1.61. The van der Waals surface area contributed by atoms with Gasteiger partial charge in [0.25, 0.3) is 0 Å². The highest BCUT2D eigenvalue weighted by Crippen LogP contribution is 2.14. The van der Waals surface area contributed by atoms with Crippen molar-refractivity contribution < 1.29 is 19.0 Å². The number of benzene rings is 1. The fraction of sp³-hybridized carbons (Fsp3) is 0.462. The molecule has 100 valence electrons. The number of carbonyl (C=O) groups is 1. The molecule has 0 spiro atoms. The molecule has 1 unspecified atom stereocenters. The number of hydrogen-bond acceptors (Lipinski definition) is 4. The molecule has 0 aliphatic heterocycles. The second-order valence-electron chi connectivity index (χ2n) is 4.13. The number of rotatable bonds is 6. The van der Waals surface area contributed by atoms with E-state index in [1.54, 1.807) is 24.1 Å². The molecule has 1 aromatic rings. The van der Waals surface area contributed by atoms with Gasteiger partial charge in [0.1, 0.15) is 5.82 Å². The molecular weight excluding hydrogens is 237 g/mol. The smallest absolute Gasteiger partial charge is 0.305 e. The van der Waals surface area contributed by atoms with E-state index in [0.29, 0.717) is 18.7 Å². The fourth-order valence-electron chi connectivity index (χ4n) is 1.61. The van der Waals surface area contributed by atoms with Gasteiger partial charge in [-0.2, -0.15) is 0 Å². The number of likely N-dealkylation sites (N-methyl/N-ethyl adjacent to an activating group) is 1. The first-order valence-corrected chi connectivity index (χ1v) is 5.74. The molecule has 1 rings (SSSR count). The third-order valence-electron chi connectivity index (χ3n) is 2.64. The summed E-state index contributed by atoms with van der Waals surface area (Å²) in [6, 6.07) is 6.14. The number of carbonyl (C=O) groups excluding carboxylic acids is 1. The molecule has 0 amide bonds. The maximum absolute atomic E-state index is 13.0. The van der Waals surface area contributed by atoms with E-state index in [0.717, 1.165) is 0 Å². The molecular formula is C13H18FNO3. The van der Waals surface area contributed by atoms with E-state index in [1.165, 1.54) is 19.2 Å². The summed E-state index contributed by atoms with van der Waals surface area (Å²) >= 11 is 0. The Labute approximate surface area is 106 Å². The lowest BCUT2D eigenvalue weighted by atomic mass is 10.2. The Morgan fingerprint density at radius 3 is 2.89 bits per heavy atom. The first-order valence-electron chi connectivity index (χ1n) is 5.74. The third kappa shape index (κ3) is 4.71. The molecule has 0 aliphatic carbocycles. The largest absolute Gasteiger partial charge is 0.469 e. The van der Waals surface area contributed by atoms with Gasteiger partial charge in [-0.3, -0.25) is 4.79 Å². The average Bonchev–Trinajstić information content (AvgIpc) is 2.35. The lowest BCUT2D eigenvalue weighted by molar-refractivity contribution is -0.141. The number of anilines is 1. The first kappa shape index (κ1) is 14.4. The van der Waals surface area contributed by atoms with E-state index in [1.807, 2.05) is 0 Å². The van der Waals surface area contributed by atoms with E-state index in [2.05, 4.69) is 4.74 Å². The predicted octanol–water partition coefficient (Wildman–Crippen LogP) is 1.58. The van der Waals surface area contributed by atoms with Gasteiger partial charge in [0.05, 0.1) is 13.2 Å². The van der Waals surface area contributed by atoms with E-state index in [-0.39, 0.29) is 18.2 Å². The predicted molar refractivity (Wildman–Crippen MR) is 66.9 cm³/mol. The van der Waals surface area contributed by atoms with Gasteiger partial charge in [-0.05, 0) is 24.6 Å². The highest BCUT2D eigenvalue weighted by molar-refractivity contribution is 5.69. The van der Waals surface area contributed by atoms with Crippen LogP contribution in [0, 0.1) is 5.82 Å². The Balaban J connectivity index is 2.44. The van der Waals surface area contributed by atoms with Crippen molar-refractivity contribution in [1.82, 2.24) is 0 Å². The Morgan fingerprint density at radius 1 is 1.56 bits per heavy atom. The van der Waals surface area contributed by atoms with Gasteiger partial charge < -0.3 is 14.7 Å². The first-order chi connectivity index (χ1) is 8.52. The molecule has 1 atom stereocenters. The second-order valence-corrected chi connectivity index (χ2v) is 4.13. The van der Waals surface area contributed by atoms with E-state index in [9.17, 15) is 14.3 Å². The van der Waals surface area contributed by atoms with Crippen LogP contribution in [0.4, 0.5) is 10.1 Å². The van der Waals surface area contributed by atoms with Gasteiger partial charge in [-0.15, -0.1) is 0 Å². The van der Waals surface area contributed by atoms with E-state index in [4.69, 9.17) is 0 Å². The van der Waals surface area contributed by atoms with Crippen molar-refractivity contribution in [1.29, 1.82) is 0 Å². The van der Waals surface area contributed by atoms with Crippen molar-refractivity contribution in [3.63, 3.8) is 0 Å². The molecule has 18 heavy (non-hydrogen) atoms. The molecule has 0 saturated carbocycles. The Hall–Kier alpha value is -1.62. The molecule has 5 heteroatoms. The van der Waals surface area contributed by atoms with Gasteiger partial charge in [-0.1, -0.05) is 6.07 Å². The Morgan fingerprint density at radius 2 is 2.28 bits per heavy atom. The van der Waals surface area contributed by atoms with Gasteiger partial charge in [0.2, 0.25) is 0 Å². The molecule has 0 heterocycles. The maximum Gasteiger partial charge on any atom is 0.305 e. The zero-order valence-corrected chi connectivity index (χ0v) is 10.6. The molecule has 1 N–H and O–H groups in total. The van der Waals surface area contributed by atoms with Crippen LogP contribution in [0.1, 0.15) is 12.8 Å². The van der Waals surface area contributed by atoms with Gasteiger partial charge in [0, 0.05) is 25.7 Å². The second kappa shape index (κ2) is 6.96. The van der Waals surface area contributed by atoms with E-state index < -0.39 is 6.10 Å². The molecule has 0 aromatic heterocycles. The molecule has 0 bridgehead atoms. The van der Waals surface area contributed by atoms with Crippen LogP contribution in [0.3, 0.4) is 0 Å². The summed E-state index contributed by atoms with van der Waals surface area (Å²) in [5.41, 5.74) is 0.687. The summed E-state index contributed by atoms with van der Waals surface area (Å²) in [5.74, 6) is -0.661. The normalized spacial score (nSPS) is 12.0. The number of aliphatic hydroxyl groups is 1. The van der Waals surface area contributed by atoms with Crippen molar-refractivity contribution in [3.05, 3.63) is 30.1 Å². The molecule has 0 fully saturated rings. The van der Waals surface area contributed by atoms with E-state index >= 15 is 0 Å². The summed E-state index contributed by atoms with van der Waals surface area (Å²) in [6.45, 7) is 0.334. The summed E-state index contributed by atoms with van der Waals surface area (Å²) in [7, 11) is 3.07. The van der Waals surface area contributed by atoms with Crippen LogP contribution >= 0.6 is 0 Å². The average molecular weight is 255 g/mol. The third-order valence-corrected chi connectivity index (χ3v) is 2.64. The highest BCUT2D eigenvalue weighted by atomic mass is 19.1. The van der Waals surface area contributed by atoms with Crippen LogP contribution in [0.2, 0.25) is 0 Å². The van der Waals surface area contributed by atoms with Crippen LogP contribution in [-0.2, 0) is 9.53 Å². The lowest BCUT2D eigenvalue weighted by Crippen LogP contribution is -2.29. The summed E-state index contributed by atoms with van der Waals surface area (Å²) in [6.07, 6.45) is -0.154. The molecule has 1 aromatic carbocycles. The number of hydrogen-bond donors (Lipinski definition) is 1. The number of esters is 1. The molecule has 0 aliphatic rings. The SMILES string of the molecule is COC(=O)CCC(O)CN(C)c1cccc(F)c1.